The predicted octanol–water partition coefficient (Wildman–Crippen LogP) is 4.53. The molecule has 2 aromatic carbocycles. The van der Waals surface area contributed by atoms with Crippen LogP contribution in [0.25, 0.3) is 0 Å². The van der Waals surface area contributed by atoms with Gasteiger partial charge in [-0.3, -0.25) is 4.79 Å². The Kier molecular flexibility index (Phi) is 3.71. The van der Waals surface area contributed by atoms with Crippen molar-refractivity contribution in [3.8, 4) is 5.75 Å². The molecular formula is C16H10ClF4NO2. The lowest BCUT2D eigenvalue weighted by Gasteiger charge is -2.21. The highest BCUT2D eigenvalue weighted by molar-refractivity contribution is 6.30. The van der Waals surface area contributed by atoms with Crippen LogP contribution in [0.5, 0.6) is 5.75 Å². The van der Waals surface area contributed by atoms with Gasteiger partial charge in [0.25, 0.3) is 5.91 Å². The minimum absolute atomic E-state index is 0.0600. The Morgan fingerprint density at radius 3 is 2.50 bits per heavy atom. The first-order chi connectivity index (χ1) is 11.2. The number of hydrogen-bond acceptors (Lipinski definition) is 2. The molecule has 0 saturated heterocycles. The number of carbonyl (C=O) groups excluding carboxylic acids is 1. The lowest BCUT2D eigenvalue weighted by molar-refractivity contribution is -0.137. The van der Waals surface area contributed by atoms with E-state index in [2.05, 4.69) is 5.32 Å². The van der Waals surface area contributed by atoms with Crippen LogP contribution >= 0.6 is 11.6 Å². The van der Waals surface area contributed by atoms with E-state index in [-0.39, 0.29) is 27.6 Å². The van der Waals surface area contributed by atoms with Gasteiger partial charge < -0.3 is 10.1 Å². The first kappa shape index (κ1) is 16.6. The van der Waals surface area contributed by atoms with E-state index < -0.39 is 23.3 Å². The highest BCUT2D eigenvalue weighted by atomic mass is 35.5. The molecule has 0 fully saturated rings. The quantitative estimate of drug-likeness (QED) is 0.796. The lowest BCUT2D eigenvalue weighted by atomic mass is 10.1. The molecular weight excluding hydrogens is 354 g/mol. The number of carbonyl (C=O) groups is 1. The Bertz CT molecular complexity index is 837. The molecule has 1 aliphatic rings. The average molecular weight is 364 g/mol. The number of halogens is 5. The molecule has 1 amide bonds. The molecule has 0 saturated carbocycles. The first-order valence-corrected chi connectivity index (χ1v) is 7.12. The summed E-state index contributed by atoms with van der Waals surface area (Å²) in [6.45, 7) is 0. The third kappa shape index (κ3) is 2.39. The number of hydrogen-bond donors (Lipinski definition) is 1. The second-order valence-corrected chi connectivity index (χ2v) is 5.65. The van der Waals surface area contributed by atoms with Gasteiger partial charge in [-0.1, -0.05) is 17.7 Å². The lowest BCUT2D eigenvalue weighted by Crippen LogP contribution is -2.31. The van der Waals surface area contributed by atoms with E-state index in [0.29, 0.717) is 6.07 Å². The molecule has 3 rings (SSSR count). The maximum Gasteiger partial charge on any atom is 0.416 e. The summed E-state index contributed by atoms with van der Waals surface area (Å²) < 4.78 is 59.1. The van der Waals surface area contributed by atoms with E-state index in [9.17, 15) is 18.0 Å². The molecule has 126 valence electrons. The molecule has 1 N–H and O–H groups in total. The number of anilines is 1. The average Bonchev–Trinajstić information content (AvgIpc) is 2.78. The number of rotatable bonds is 2. The summed E-state index contributed by atoms with van der Waals surface area (Å²) in [4.78, 5) is 12.2. The number of nitrogens with one attached hydrogen (secondary N) is 1. The minimum atomic E-state index is -4.60. The third-order valence-corrected chi connectivity index (χ3v) is 4.05. The Morgan fingerprint density at radius 2 is 1.88 bits per heavy atom. The fourth-order valence-electron chi connectivity index (χ4n) is 2.67. The van der Waals surface area contributed by atoms with E-state index in [1.807, 2.05) is 0 Å². The summed E-state index contributed by atoms with van der Waals surface area (Å²) in [5.74, 6) is -1.04. The van der Waals surface area contributed by atoms with Gasteiger partial charge in [-0.25, -0.2) is 4.39 Å². The fourth-order valence-corrected chi connectivity index (χ4v) is 2.84. The summed E-state index contributed by atoms with van der Waals surface area (Å²) in [6.07, 6.45) is -4.60. The van der Waals surface area contributed by atoms with Crippen molar-refractivity contribution in [3.63, 3.8) is 0 Å². The van der Waals surface area contributed by atoms with E-state index in [0.717, 1.165) is 12.1 Å². The van der Waals surface area contributed by atoms with Crippen LogP contribution in [0.15, 0.2) is 36.4 Å². The van der Waals surface area contributed by atoms with Crippen LogP contribution < -0.4 is 10.1 Å². The molecule has 1 unspecified atom stereocenters. The maximum atomic E-state index is 15.7. The van der Waals surface area contributed by atoms with Gasteiger partial charge in [0.15, 0.2) is 0 Å². The molecule has 2 aromatic rings. The van der Waals surface area contributed by atoms with Crippen LogP contribution in [-0.4, -0.2) is 13.0 Å². The number of methoxy groups -OCH3 is 1. The second kappa shape index (κ2) is 5.37. The van der Waals surface area contributed by atoms with Gasteiger partial charge in [0, 0.05) is 21.8 Å². The number of alkyl halides is 4. The number of fused-ring (bicyclic) bond motifs is 1. The van der Waals surface area contributed by atoms with Crippen LogP contribution in [0.4, 0.5) is 23.2 Å². The van der Waals surface area contributed by atoms with Gasteiger partial charge in [-0.05, 0) is 30.3 Å². The summed E-state index contributed by atoms with van der Waals surface area (Å²) >= 11 is 5.87. The summed E-state index contributed by atoms with van der Waals surface area (Å²) in [6, 6.07) is 6.42. The van der Waals surface area contributed by atoms with Crippen molar-refractivity contribution in [3.05, 3.63) is 58.1 Å². The molecule has 0 bridgehead atoms. The van der Waals surface area contributed by atoms with E-state index in [4.69, 9.17) is 16.3 Å². The minimum Gasteiger partial charge on any atom is -0.496 e. The highest BCUT2D eigenvalue weighted by Gasteiger charge is 2.51. The monoisotopic (exact) mass is 363 g/mol. The van der Waals surface area contributed by atoms with Crippen LogP contribution in [-0.2, 0) is 16.6 Å². The largest absolute Gasteiger partial charge is 0.496 e. The molecule has 0 spiro atoms. The van der Waals surface area contributed by atoms with Gasteiger partial charge in [0.2, 0.25) is 5.67 Å². The van der Waals surface area contributed by atoms with E-state index in [1.54, 1.807) is 0 Å². The van der Waals surface area contributed by atoms with Crippen LogP contribution in [0.1, 0.15) is 16.7 Å². The van der Waals surface area contributed by atoms with Crippen molar-refractivity contribution in [1.29, 1.82) is 0 Å². The van der Waals surface area contributed by atoms with Crippen molar-refractivity contribution < 1.29 is 27.1 Å². The van der Waals surface area contributed by atoms with Gasteiger partial charge in [0.05, 0.1) is 12.7 Å². The van der Waals surface area contributed by atoms with Gasteiger partial charge in [-0.15, -0.1) is 0 Å². The summed E-state index contributed by atoms with van der Waals surface area (Å²) in [7, 11) is 1.29. The van der Waals surface area contributed by atoms with Gasteiger partial charge in [-0.2, -0.15) is 13.2 Å². The topological polar surface area (TPSA) is 38.3 Å². The molecule has 0 aromatic heterocycles. The molecule has 0 radical (unpaired) electrons. The van der Waals surface area contributed by atoms with Gasteiger partial charge in [0.1, 0.15) is 5.75 Å². The molecule has 1 aliphatic heterocycles. The second-order valence-electron chi connectivity index (χ2n) is 5.22. The Morgan fingerprint density at radius 1 is 1.17 bits per heavy atom. The molecule has 3 nitrogen and oxygen atoms in total. The van der Waals surface area contributed by atoms with Crippen LogP contribution in [0, 0.1) is 0 Å². The van der Waals surface area contributed by atoms with Crippen molar-refractivity contribution in [2.24, 2.45) is 0 Å². The SMILES string of the molecule is COc1ccc(Cl)cc1[14C]1(F)c2ccc(C(F)(F)F)cc2N[14C]1=O. The van der Waals surface area contributed by atoms with E-state index >= 15 is 4.39 Å². The van der Waals surface area contributed by atoms with Crippen molar-refractivity contribution in [2.45, 2.75) is 11.8 Å². The summed E-state index contributed by atoms with van der Waals surface area (Å²) in [5.41, 5.74) is -4.31. The van der Waals surface area contributed by atoms with Crippen LogP contribution in [0.3, 0.4) is 0 Å². The highest BCUT2D eigenvalue weighted by Crippen LogP contribution is 2.48. The van der Waals surface area contributed by atoms with Crippen molar-refractivity contribution in [2.75, 3.05) is 12.4 Å². The fraction of sp³-hybridized carbons (Fsp3) is 0.188. The zero-order chi connectivity index (χ0) is 17.7. The standard InChI is InChI=1S/C16H10ClF4NO2/c1-24-13-5-3-9(17)7-11(13)15(18)10-4-2-8(16(19,20)21)6-12(10)22-14(15)23/h2-7H,1H3,(H,22,23)/i14+2,15+2. The maximum absolute atomic E-state index is 15.7. The zero-order valence-electron chi connectivity index (χ0n) is 12.2. The third-order valence-electron chi connectivity index (χ3n) is 3.81. The molecule has 1 atom stereocenters. The Hall–Kier alpha value is -2.28. The zero-order valence-corrected chi connectivity index (χ0v) is 12.9. The molecule has 8 heteroatoms. The smallest absolute Gasteiger partial charge is 0.416 e. The first-order valence-electron chi connectivity index (χ1n) is 6.74. The molecule has 1 heterocycles. The van der Waals surface area contributed by atoms with Gasteiger partial charge >= 0.3 is 6.18 Å². The van der Waals surface area contributed by atoms with E-state index in [1.165, 1.54) is 25.3 Å². The van der Waals surface area contributed by atoms with Crippen LogP contribution in [0.2, 0.25) is 5.02 Å². The Labute approximate surface area is 139 Å². The number of benzene rings is 2. The summed E-state index contributed by atoms with van der Waals surface area (Å²) in [5, 5.41) is 2.32. The predicted molar refractivity (Wildman–Crippen MR) is 80.0 cm³/mol. The normalized spacial score (nSPS) is 19.8. The van der Waals surface area contributed by atoms with Crippen molar-refractivity contribution >= 4 is 23.2 Å². The number of ether oxygens (including phenoxy) is 1. The molecule has 24 heavy (non-hydrogen) atoms. The Balaban J connectivity index is 2.21. The molecule has 0 aliphatic carbocycles. The number of amides is 1. The van der Waals surface area contributed by atoms with Crippen molar-refractivity contribution in [1.82, 2.24) is 0 Å².